The maximum Gasteiger partial charge on any atom is 0.589 e. The van der Waals surface area contributed by atoms with Gasteiger partial charge in [-0.25, -0.2) is 14.2 Å². The molecule has 0 amide bonds. The van der Waals surface area contributed by atoms with Crippen LogP contribution in [0, 0.1) is 0 Å². The number of aliphatic hydroxyl groups excluding tert-OH is 5. The largest absolute Gasteiger partial charge is 0.589 e. The third-order valence-corrected chi connectivity index (χ3v) is 4.04. The zero-order valence-corrected chi connectivity index (χ0v) is 15.2. The summed E-state index contributed by atoms with van der Waals surface area (Å²) < 4.78 is 19.1. The van der Waals surface area contributed by atoms with Gasteiger partial charge < -0.3 is 49.9 Å². The molecule has 0 aliphatic carbocycles. The predicted molar refractivity (Wildman–Crippen MR) is 82.6 cm³/mol. The third kappa shape index (κ3) is 8.38. The van der Waals surface area contributed by atoms with Crippen molar-refractivity contribution in [3.8, 4) is 0 Å². The lowest BCUT2D eigenvalue weighted by molar-refractivity contribution is -0.170. The molecular weight excluding hydrogens is 431 g/mol. The number of phosphoric acid groups is 1. The summed E-state index contributed by atoms with van der Waals surface area (Å²) >= 11 is 0. The Morgan fingerprint density at radius 2 is 1.45 bits per heavy atom. The molecule has 0 fully saturated rings. The van der Waals surface area contributed by atoms with Crippen LogP contribution < -0.4 is 0 Å². The molecule has 2 unspecified atom stereocenters. The van der Waals surface area contributed by atoms with Crippen LogP contribution in [0.4, 0.5) is 0 Å². The summed E-state index contributed by atoms with van der Waals surface area (Å²) in [6.07, 6.45) is -12.8. The second-order valence-electron chi connectivity index (χ2n) is 5.60. The molecule has 0 aromatic carbocycles. The van der Waals surface area contributed by atoms with Crippen molar-refractivity contribution >= 4 is 31.7 Å². The molecule has 0 saturated heterocycles. The molecule has 168 valence electrons. The van der Waals surface area contributed by atoms with Crippen LogP contribution in [-0.4, -0.2) is 106 Å². The first-order valence-corrected chi connectivity index (χ1v) is 8.85. The summed E-state index contributed by atoms with van der Waals surface area (Å²) in [6.45, 7) is -1.10. The van der Waals surface area contributed by atoms with Gasteiger partial charge in [0.15, 0.2) is 11.7 Å². The van der Waals surface area contributed by atoms with E-state index in [1.54, 1.807) is 0 Å². The van der Waals surface area contributed by atoms with Crippen molar-refractivity contribution in [1.29, 1.82) is 0 Å². The summed E-state index contributed by atoms with van der Waals surface area (Å²) in [5.74, 6) is -8.15. The Kier molecular flexibility index (Phi) is 9.77. The Balaban J connectivity index is 5.08. The zero-order chi connectivity index (χ0) is 23.2. The highest BCUT2D eigenvalue weighted by Crippen LogP contribution is 2.44. The number of aliphatic carboxylic acids is 2. The SMILES string of the molecule is O=C(O)CC(O)(CC(=O)OP(=O)(O)OC(=O)[C@H](O)[C@@H](O)[C@H](O)[C@H](O)CO)C(=O)O. The molecule has 6 atom stereocenters. The molecule has 0 aromatic heterocycles. The number of hydrogen-bond acceptors (Lipinski definition) is 13. The van der Waals surface area contributed by atoms with Crippen molar-refractivity contribution < 1.29 is 78.5 Å². The Morgan fingerprint density at radius 3 is 1.86 bits per heavy atom. The molecule has 0 aliphatic rings. The number of carbonyl (C=O) groups is 4. The van der Waals surface area contributed by atoms with Gasteiger partial charge in [0, 0.05) is 0 Å². The maximum atomic E-state index is 11.6. The van der Waals surface area contributed by atoms with E-state index in [1.807, 2.05) is 0 Å². The van der Waals surface area contributed by atoms with E-state index >= 15 is 0 Å². The number of carbonyl (C=O) groups excluding carboxylic acids is 2. The van der Waals surface area contributed by atoms with Crippen molar-refractivity contribution in [2.75, 3.05) is 6.61 Å². The molecule has 0 saturated carbocycles. The van der Waals surface area contributed by atoms with Crippen molar-refractivity contribution in [3.63, 3.8) is 0 Å². The number of carboxylic acid groups (broad SMARTS) is 2. The minimum atomic E-state index is -5.72. The van der Waals surface area contributed by atoms with Crippen LogP contribution in [0.3, 0.4) is 0 Å². The van der Waals surface area contributed by atoms with Gasteiger partial charge in [0.2, 0.25) is 0 Å². The maximum absolute atomic E-state index is 11.6. The number of aliphatic hydroxyl groups is 6. The highest BCUT2D eigenvalue weighted by Gasteiger charge is 2.44. The van der Waals surface area contributed by atoms with Gasteiger partial charge in [-0.1, -0.05) is 0 Å². The molecular formula is C12H19O16P. The molecule has 29 heavy (non-hydrogen) atoms. The lowest BCUT2D eigenvalue weighted by atomic mass is 9.96. The summed E-state index contributed by atoms with van der Waals surface area (Å²) in [5.41, 5.74) is -3.23. The molecule has 17 heteroatoms. The Bertz CT molecular complexity index is 677. The van der Waals surface area contributed by atoms with E-state index in [2.05, 4.69) is 9.05 Å². The van der Waals surface area contributed by atoms with Crippen LogP contribution >= 0.6 is 7.82 Å². The van der Waals surface area contributed by atoms with Crippen LogP contribution in [0.5, 0.6) is 0 Å². The standard InChI is InChI=1S/C12H19O16P/c13-3-4(14)7(18)8(19)9(20)10(21)28-29(25,26)27-6(17)2-12(24,11(22)23)1-5(15)16/h4,7-9,13-14,18-20,24H,1-3H2,(H,15,16)(H,22,23)(H,25,26)/t4-,7-,8+,9-,12?/m1/s1. The second kappa shape index (κ2) is 10.6. The molecule has 16 nitrogen and oxygen atoms in total. The van der Waals surface area contributed by atoms with Crippen LogP contribution in [0.25, 0.3) is 0 Å². The molecule has 0 bridgehead atoms. The zero-order valence-electron chi connectivity index (χ0n) is 14.3. The van der Waals surface area contributed by atoms with E-state index in [4.69, 9.17) is 20.4 Å². The van der Waals surface area contributed by atoms with Crippen LogP contribution in [0.1, 0.15) is 12.8 Å². The fourth-order valence-corrected chi connectivity index (χ4v) is 2.41. The Hall–Kier alpha value is -2.17. The van der Waals surface area contributed by atoms with E-state index in [0.29, 0.717) is 0 Å². The monoisotopic (exact) mass is 450 g/mol. The molecule has 0 aromatic rings. The fourth-order valence-electron chi connectivity index (χ4n) is 1.71. The van der Waals surface area contributed by atoms with E-state index in [0.717, 1.165) is 0 Å². The normalized spacial score (nSPS) is 19.6. The van der Waals surface area contributed by atoms with Crippen molar-refractivity contribution in [1.82, 2.24) is 0 Å². The summed E-state index contributed by atoms with van der Waals surface area (Å²) in [7, 11) is -5.72. The van der Waals surface area contributed by atoms with Crippen LogP contribution in [0.2, 0.25) is 0 Å². The molecule has 0 spiro atoms. The first-order valence-electron chi connectivity index (χ1n) is 7.35. The van der Waals surface area contributed by atoms with Crippen molar-refractivity contribution in [2.24, 2.45) is 0 Å². The van der Waals surface area contributed by atoms with Gasteiger partial charge in [-0.05, 0) is 0 Å². The topological polar surface area (TPSA) is 286 Å². The number of rotatable bonds is 12. The van der Waals surface area contributed by atoms with E-state index in [9.17, 15) is 49.1 Å². The Morgan fingerprint density at radius 1 is 0.931 bits per heavy atom. The van der Waals surface area contributed by atoms with Crippen molar-refractivity contribution in [2.45, 2.75) is 42.9 Å². The van der Waals surface area contributed by atoms with E-state index in [1.165, 1.54) is 0 Å². The summed E-state index contributed by atoms with van der Waals surface area (Å²) in [4.78, 5) is 53.7. The first-order chi connectivity index (χ1) is 13.1. The molecule has 9 N–H and O–H groups in total. The minimum Gasteiger partial charge on any atom is -0.481 e. The smallest absolute Gasteiger partial charge is 0.481 e. The number of carboxylic acids is 2. The number of hydrogen-bond donors (Lipinski definition) is 9. The minimum absolute atomic E-state index is 1.10. The highest BCUT2D eigenvalue weighted by atomic mass is 31.2. The van der Waals surface area contributed by atoms with Gasteiger partial charge in [0.1, 0.15) is 18.3 Å². The lowest BCUT2D eigenvalue weighted by Crippen LogP contribution is -2.49. The molecule has 0 radical (unpaired) electrons. The highest BCUT2D eigenvalue weighted by molar-refractivity contribution is 7.48. The predicted octanol–water partition coefficient (Wildman–Crippen LogP) is -4.71. The van der Waals surface area contributed by atoms with Gasteiger partial charge >= 0.3 is 31.7 Å². The van der Waals surface area contributed by atoms with E-state index < -0.39 is 81.2 Å². The summed E-state index contributed by atoms with van der Waals surface area (Å²) in [6, 6.07) is 0. The average molecular weight is 450 g/mol. The van der Waals surface area contributed by atoms with E-state index in [-0.39, 0.29) is 0 Å². The molecule has 0 rings (SSSR count). The van der Waals surface area contributed by atoms with Gasteiger partial charge in [-0.2, -0.15) is 0 Å². The van der Waals surface area contributed by atoms with Gasteiger partial charge in [-0.3, -0.25) is 14.5 Å². The van der Waals surface area contributed by atoms with Crippen LogP contribution in [0.15, 0.2) is 0 Å². The Labute approximate surface area is 160 Å². The van der Waals surface area contributed by atoms with Gasteiger partial charge in [0.25, 0.3) is 0 Å². The van der Waals surface area contributed by atoms with Gasteiger partial charge in [0.05, 0.1) is 19.4 Å². The lowest BCUT2D eigenvalue weighted by Gasteiger charge is -2.25. The fraction of sp³-hybridized carbons (Fsp3) is 0.667. The van der Waals surface area contributed by atoms with Gasteiger partial charge in [-0.15, -0.1) is 0 Å². The van der Waals surface area contributed by atoms with Crippen LogP contribution in [-0.2, 0) is 32.8 Å². The molecule has 0 aliphatic heterocycles. The quantitative estimate of drug-likeness (QED) is 0.126. The molecule has 0 heterocycles. The third-order valence-electron chi connectivity index (χ3n) is 3.20. The number of phosphoric ester groups is 1. The first kappa shape index (κ1) is 26.8. The average Bonchev–Trinajstić information content (AvgIpc) is 2.56. The summed E-state index contributed by atoms with van der Waals surface area (Å²) in [5, 5.41) is 72.7. The van der Waals surface area contributed by atoms with Crippen molar-refractivity contribution in [3.05, 3.63) is 0 Å². The second-order valence-corrected chi connectivity index (χ2v) is 6.90.